The number of ketones is 1. The van der Waals surface area contributed by atoms with Crippen LogP contribution in [0, 0.1) is 5.21 Å². The molecule has 0 aliphatic carbocycles. The molecule has 0 unspecified atom stereocenters. The second-order valence-electron chi connectivity index (χ2n) is 10.5. The zero-order valence-corrected chi connectivity index (χ0v) is 23.8. The van der Waals surface area contributed by atoms with Gasteiger partial charge in [-0.15, -0.1) is 0 Å². The number of hydrogen-bond donors (Lipinski definition) is 1. The van der Waals surface area contributed by atoms with Crippen LogP contribution in [-0.4, -0.2) is 42.4 Å². The number of anilines is 1. The summed E-state index contributed by atoms with van der Waals surface area (Å²) in [5, 5.41) is 11.1. The number of halogens is 1. The summed E-state index contributed by atoms with van der Waals surface area (Å²) in [6.07, 6.45) is 6.90. The molecule has 3 aromatic rings. The molecule has 198 valence electrons. The maximum absolute atomic E-state index is 13.6. The van der Waals surface area contributed by atoms with Gasteiger partial charge in [0.25, 0.3) is 5.91 Å². The Balaban J connectivity index is 0.00000336. The maximum atomic E-state index is 13.6. The van der Waals surface area contributed by atoms with Gasteiger partial charge in [0.1, 0.15) is 11.5 Å². The monoisotopic (exact) mass is 623 g/mol. The van der Waals surface area contributed by atoms with Crippen molar-refractivity contribution in [3.8, 4) is 0 Å². The quantitative estimate of drug-likeness (QED) is 0.188. The van der Waals surface area contributed by atoms with E-state index in [2.05, 4.69) is 36.5 Å². The number of hydrogen-bond acceptors (Lipinski definition) is 3. The molecule has 5 rings (SSSR count). The fourth-order valence-corrected chi connectivity index (χ4v) is 5.85. The van der Waals surface area contributed by atoms with Crippen molar-refractivity contribution in [1.82, 2.24) is 0 Å². The minimum absolute atomic E-state index is 0. The van der Waals surface area contributed by atoms with Crippen LogP contribution in [0.4, 0.5) is 11.4 Å². The first-order valence-electron chi connectivity index (χ1n) is 13.0. The van der Waals surface area contributed by atoms with Gasteiger partial charge in [0.2, 0.25) is 0 Å². The number of rotatable bonds is 7. The molecule has 2 heterocycles. The number of likely N-dealkylation sites (tertiary alicyclic amines) is 1. The van der Waals surface area contributed by atoms with Crippen LogP contribution in [-0.2, 0) is 10.2 Å². The highest BCUT2D eigenvalue weighted by molar-refractivity contribution is 6.07. The number of carbonyl (C=O) groups excluding carboxylic acids is 2. The molecule has 1 spiro atoms. The van der Waals surface area contributed by atoms with E-state index in [0.717, 1.165) is 53.7 Å². The van der Waals surface area contributed by atoms with Crippen molar-refractivity contribution >= 4 is 29.1 Å². The van der Waals surface area contributed by atoms with Gasteiger partial charge in [-0.1, -0.05) is 48.5 Å². The van der Waals surface area contributed by atoms with Crippen LogP contribution in [0.15, 0.2) is 85.1 Å². The molecule has 6 nitrogen and oxygen atoms in total. The minimum Gasteiger partial charge on any atom is -1.00 e. The van der Waals surface area contributed by atoms with Crippen LogP contribution in [0.2, 0.25) is 0 Å². The lowest BCUT2D eigenvalue weighted by atomic mass is 9.73. The van der Waals surface area contributed by atoms with E-state index in [1.165, 1.54) is 5.56 Å². The number of nitrogens with zero attached hydrogens (tertiary/aromatic N) is 2. The first-order valence-corrected chi connectivity index (χ1v) is 13.0. The number of quaternary nitrogens is 2. The van der Waals surface area contributed by atoms with Gasteiger partial charge in [0, 0.05) is 48.2 Å². The molecule has 2 N–H and O–H groups in total. The van der Waals surface area contributed by atoms with E-state index in [1.807, 2.05) is 35.2 Å². The van der Waals surface area contributed by atoms with Crippen molar-refractivity contribution < 1.29 is 43.5 Å². The summed E-state index contributed by atoms with van der Waals surface area (Å²) in [7, 11) is 0. The second kappa shape index (κ2) is 11.9. The Bertz CT molecular complexity index is 1300. The molecule has 1 fully saturated rings. The number of amides is 1. The molecule has 1 saturated heterocycles. The third-order valence-electron chi connectivity index (χ3n) is 8.13. The molecule has 0 saturated carbocycles. The highest BCUT2D eigenvalue weighted by Gasteiger charge is 2.50. The molecule has 7 heteroatoms. The molecule has 1 amide bonds. The number of para-hydroxylation sites is 1. The number of piperidine rings is 1. The van der Waals surface area contributed by atoms with E-state index in [0.29, 0.717) is 24.2 Å². The van der Waals surface area contributed by atoms with E-state index < -0.39 is 0 Å². The predicted molar refractivity (Wildman–Crippen MR) is 146 cm³/mol. The Hall–Kier alpha value is -2.85. The Morgan fingerprint density at radius 2 is 1.63 bits per heavy atom. The van der Waals surface area contributed by atoms with Gasteiger partial charge in [-0.25, -0.2) is 0 Å². The van der Waals surface area contributed by atoms with Crippen molar-refractivity contribution in [3.05, 3.63) is 107 Å². The molecular formula is C31H34IN3O3. The lowest BCUT2D eigenvalue weighted by Gasteiger charge is -2.45. The molecule has 0 atom stereocenters. The third-order valence-corrected chi connectivity index (χ3v) is 8.13. The fourth-order valence-electron chi connectivity index (χ4n) is 5.85. The largest absolute Gasteiger partial charge is 1.00 e. The van der Waals surface area contributed by atoms with Gasteiger partial charge in [0.15, 0.2) is 0 Å². The lowest BCUT2D eigenvalue weighted by Crippen LogP contribution is -3.00. The molecule has 38 heavy (non-hydrogen) atoms. The predicted octanol–water partition coefficient (Wildman–Crippen LogP) is 1.54. The van der Waals surface area contributed by atoms with Crippen LogP contribution >= 0.6 is 0 Å². The zero-order valence-electron chi connectivity index (χ0n) is 21.7. The van der Waals surface area contributed by atoms with E-state index >= 15 is 0 Å². The molecule has 0 aromatic heterocycles. The third kappa shape index (κ3) is 5.76. The summed E-state index contributed by atoms with van der Waals surface area (Å²) >= 11 is 0. The van der Waals surface area contributed by atoms with Crippen LogP contribution in [0.1, 0.15) is 47.7 Å². The topological polar surface area (TPSA) is 77.0 Å². The summed E-state index contributed by atoms with van der Waals surface area (Å²) in [5.41, 5.74) is 5.22. The molecule has 0 bridgehead atoms. The van der Waals surface area contributed by atoms with Crippen molar-refractivity contribution in [1.29, 1.82) is 0 Å². The first-order chi connectivity index (χ1) is 17.9. The Morgan fingerprint density at radius 3 is 2.29 bits per heavy atom. The summed E-state index contributed by atoms with van der Waals surface area (Å²) in [6.45, 7) is 4.95. The Kier molecular flexibility index (Phi) is 8.82. The summed E-state index contributed by atoms with van der Waals surface area (Å²) < 4.78 is 0.777. The summed E-state index contributed by atoms with van der Waals surface area (Å²) in [4.78, 5) is 27.4. The molecule has 2 aliphatic heterocycles. The average Bonchev–Trinajstić information content (AvgIpc) is 3.26. The first kappa shape index (κ1) is 28.2. The number of Topliss-reactive ketones (excluding diaryl/α,β-unsaturated/α-hetero) is 1. The van der Waals surface area contributed by atoms with Crippen molar-refractivity contribution in [3.63, 3.8) is 0 Å². The SMILES string of the molecule is CC(=O)CC[N+]1(/C=C/c2ccccc2)CCC2(CC1)CN(C(=O)c1ccc([NH2+][O-])cc1)c1ccccc12.[I-]. The second-order valence-corrected chi connectivity index (χ2v) is 10.5. The van der Waals surface area contributed by atoms with Crippen molar-refractivity contribution in [2.45, 2.75) is 31.6 Å². The van der Waals surface area contributed by atoms with Gasteiger partial charge in [-0.3, -0.25) is 14.1 Å². The number of nitrogens with two attached hydrogens (primary N) is 1. The molecule has 0 radical (unpaired) electrons. The van der Waals surface area contributed by atoms with E-state index in [9.17, 15) is 14.8 Å². The minimum atomic E-state index is -0.104. The number of carbonyl (C=O) groups is 2. The molecular weight excluding hydrogens is 589 g/mol. The van der Waals surface area contributed by atoms with Crippen LogP contribution < -0.4 is 34.4 Å². The average molecular weight is 624 g/mol. The van der Waals surface area contributed by atoms with E-state index in [4.69, 9.17) is 0 Å². The summed E-state index contributed by atoms with van der Waals surface area (Å²) in [5.74, 6) is 0.183. The highest BCUT2D eigenvalue weighted by Crippen LogP contribution is 2.48. The van der Waals surface area contributed by atoms with E-state index in [-0.39, 0.29) is 41.1 Å². The highest BCUT2D eigenvalue weighted by atomic mass is 127. The van der Waals surface area contributed by atoms with Gasteiger partial charge in [0.05, 0.1) is 32.3 Å². The number of benzene rings is 3. The van der Waals surface area contributed by atoms with Crippen LogP contribution in [0.3, 0.4) is 0 Å². The standard InChI is InChI=1S/C31H34N3O3.HI/c1-24(35)15-19-34(20-16-25-7-3-2-4-8-25)21-17-31(18-22-34)23-33(29-10-6-5-9-28(29)31)30(36)26-11-13-27(32-37)14-12-26;/h2-14,16,20H,15,17-19,21-23,32H2,1H3;1H/q+1;/p-1/b20-16+;. The van der Waals surface area contributed by atoms with Crippen molar-refractivity contribution in [2.24, 2.45) is 0 Å². The van der Waals surface area contributed by atoms with Gasteiger partial charge >= 0.3 is 0 Å². The van der Waals surface area contributed by atoms with Crippen LogP contribution in [0.5, 0.6) is 0 Å². The fraction of sp³-hybridized carbons (Fsp3) is 0.290. The Morgan fingerprint density at radius 1 is 0.974 bits per heavy atom. The Labute approximate surface area is 241 Å². The normalized spacial score (nSPS) is 22.3. The van der Waals surface area contributed by atoms with E-state index in [1.54, 1.807) is 31.2 Å². The van der Waals surface area contributed by atoms with Gasteiger partial charge in [-0.05, 0) is 42.3 Å². The molecule has 3 aromatic carbocycles. The smallest absolute Gasteiger partial charge is 0.258 e. The lowest BCUT2D eigenvalue weighted by molar-refractivity contribution is -0.884. The van der Waals surface area contributed by atoms with Gasteiger partial charge in [-0.2, -0.15) is 0 Å². The van der Waals surface area contributed by atoms with Crippen molar-refractivity contribution in [2.75, 3.05) is 31.1 Å². The zero-order chi connectivity index (χ0) is 25.9. The summed E-state index contributed by atoms with van der Waals surface area (Å²) in [6, 6.07) is 25.4. The maximum Gasteiger partial charge on any atom is 0.258 e. The van der Waals surface area contributed by atoms with Gasteiger partial charge < -0.3 is 39.6 Å². The van der Waals surface area contributed by atoms with Crippen LogP contribution in [0.25, 0.3) is 6.08 Å². The molecule has 2 aliphatic rings. The number of fused-ring (bicyclic) bond motifs is 2.